The zero-order chi connectivity index (χ0) is 18.9. The highest BCUT2D eigenvalue weighted by Crippen LogP contribution is 2.29. The van der Waals surface area contributed by atoms with Gasteiger partial charge in [0.1, 0.15) is 5.82 Å². The molecule has 0 aliphatic heterocycles. The third kappa shape index (κ3) is 6.55. The molecule has 144 valence electrons. The standard InChI is InChI=1S/C23H29FN2O/c1-18-7-12-22(23(24)13-18)15-26-25-14-19-8-10-21(11-9-19)17-27-16-20-5-3-2-4-6-20/h2-7,12-13,19,21H,8-11,14-17H2,1H3. The molecule has 0 bridgehead atoms. The van der Waals surface area contributed by atoms with E-state index in [9.17, 15) is 4.39 Å². The Kier molecular flexibility index (Phi) is 7.52. The Labute approximate surface area is 161 Å². The number of hydrogen-bond donors (Lipinski definition) is 0. The number of azo groups is 1. The van der Waals surface area contributed by atoms with Crippen LogP contribution in [0.1, 0.15) is 42.4 Å². The van der Waals surface area contributed by atoms with E-state index < -0.39 is 0 Å². The van der Waals surface area contributed by atoms with Gasteiger partial charge in [0.05, 0.1) is 19.7 Å². The van der Waals surface area contributed by atoms with Crippen molar-refractivity contribution in [1.82, 2.24) is 0 Å². The van der Waals surface area contributed by atoms with Gasteiger partial charge >= 0.3 is 0 Å². The van der Waals surface area contributed by atoms with Crippen LogP contribution < -0.4 is 0 Å². The quantitative estimate of drug-likeness (QED) is 0.518. The molecule has 0 atom stereocenters. The van der Waals surface area contributed by atoms with Crippen LogP contribution in [0.5, 0.6) is 0 Å². The third-order valence-corrected chi connectivity index (χ3v) is 5.32. The first kappa shape index (κ1) is 19.7. The van der Waals surface area contributed by atoms with Crippen molar-refractivity contribution in [3.05, 3.63) is 71.0 Å². The number of ether oxygens (including phenoxy) is 1. The Morgan fingerprint density at radius 2 is 1.70 bits per heavy atom. The molecule has 1 fully saturated rings. The van der Waals surface area contributed by atoms with Crippen molar-refractivity contribution < 1.29 is 9.13 Å². The van der Waals surface area contributed by atoms with Crippen LogP contribution in [0.15, 0.2) is 58.8 Å². The minimum atomic E-state index is -0.190. The van der Waals surface area contributed by atoms with E-state index in [-0.39, 0.29) is 5.82 Å². The van der Waals surface area contributed by atoms with E-state index in [0.29, 0.717) is 30.6 Å². The predicted octanol–water partition coefficient (Wildman–Crippen LogP) is 6.11. The lowest BCUT2D eigenvalue weighted by Gasteiger charge is -2.27. The number of nitrogens with zero attached hydrogens (tertiary/aromatic N) is 2. The summed E-state index contributed by atoms with van der Waals surface area (Å²) in [5, 5.41) is 8.50. The third-order valence-electron chi connectivity index (χ3n) is 5.32. The normalized spacial score (nSPS) is 20.2. The molecule has 0 aromatic heterocycles. The van der Waals surface area contributed by atoms with Crippen LogP contribution in [0, 0.1) is 24.6 Å². The van der Waals surface area contributed by atoms with Gasteiger partial charge in [0.15, 0.2) is 0 Å². The van der Waals surface area contributed by atoms with E-state index >= 15 is 0 Å². The molecule has 0 radical (unpaired) electrons. The summed E-state index contributed by atoms with van der Waals surface area (Å²) in [4.78, 5) is 0. The highest BCUT2D eigenvalue weighted by atomic mass is 19.1. The molecule has 4 heteroatoms. The van der Waals surface area contributed by atoms with Gasteiger partial charge in [-0.25, -0.2) is 4.39 Å². The van der Waals surface area contributed by atoms with Gasteiger partial charge in [0.2, 0.25) is 0 Å². The Morgan fingerprint density at radius 3 is 2.44 bits per heavy atom. The highest BCUT2D eigenvalue weighted by molar-refractivity contribution is 5.23. The summed E-state index contributed by atoms with van der Waals surface area (Å²) >= 11 is 0. The maximum absolute atomic E-state index is 13.8. The molecule has 0 spiro atoms. The molecule has 0 saturated heterocycles. The second-order valence-electron chi connectivity index (χ2n) is 7.61. The van der Waals surface area contributed by atoms with Gasteiger partial charge < -0.3 is 4.74 Å². The lowest BCUT2D eigenvalue weighted by molar-refractivity contribution is 0.0676. The molecule has 3 rings (SSSR count). The Bertz CT molecular complexity index is 724. The molecule has 2 aromatic carbocycles. The number of halogens is 1. The molecule has 0 heterocycles. The van der Waals surface area contributed by atoms with Crippen LogP contribution in [-0.2, 0) is 17.9 Å². The average Bonchev–Trinajstić information content (AvgIpc) is 2.68. The zero-order valence-electron chi connectivity index (χ0n) is 16.1. The second-order valence-corrected chi connectivity index (χ2v) is 7.61. The minimum absolute atomic E-state index is 0.190. The van der Waals surface area contributed by atoms with Gasteiger partial charge in [0.25, 0.3) is 0 Å². The number of aryl methyl sites for hydroxylation is 1. The van der Waals surface area contributed by atoms with Crippen LogP contribution in [0.2, 0.25) is 0 Å². The molecule has 2 aromatic rings. The molecular formula is C23H29FN2O. The van der Waals surface area contributed by atoms with E-state index in [0.717, 1.165) is 18.7 Å². The lowest BCUT2D eigenvalue weighted by Crippen LogP contribution is -2.20. The van der Waals surface area contributed by atoms with E-state index in [2.05, 4.69) is 22.4 Å². The second kappa shape index (κ2) is 10.3. The highest BCUT2D eigenvalue weighted by Gasteiger charge is 2.21. The monoisotopic (exact) mass is 368 g/mol. The van der Waals surface area contributed by atoms with Crippen molar-refractivity contribution in [2.45, 2.75) is 45.8 Å². The van der Waals surface area contributed by atoms with Gasteiger partial charge in [-0.2, -0.15) is 10.2 Å². The Morgan fingerprint density at radius 1 is 0.963 bits per heavy atom. The van der Waals surface area contributed by atoms with Crippen LogP contribution in [0.25, 0.3) is 0 Å². The van der Waals surface area contributed by atoms with E-state index in [4.69, 9.17) is 4.74 Å². The summed E-state index contributed by atoms with van der Waals surface area (Å²) in [5.74, 6) is 1.07. The summed E-state index contributed by atoms with van der Waals surface area (Å²) in [6.45, 7) is 4.51. The Hall–Kier alpha value is -2.07. The van der Waals surface area contributed by atoms with Crippen molar-refractivity contribution in [1.29, 1.82) is 0 Å². The summed E-state index contributed by atoms with van der Waals surface area (Å²) < 4.78 is 19.7. The van der Waals surface area contributed by atoms with Gasteiger partial charge in [0, 0.05) is 12.2 Å². The molecule has 0 N–H and O–H groups in total. The van der Waals surface area contributed by atoms with Crippen LogP contribution in [-0.4, -0.2) is 13.2 Å². The van der Waals surface area contributed by atoms with Crippen molar-refractivity contribution in [3.8, 4) is 0 Å². The first-order valence-electron chi connectivity index (χ1n) is 9.90. The van der Waals surface area contributed by atoms with Crippen molar-refractivity contribution >= 4 is 0 Å². The minimum Gasteiger partial charge on any atom is -0.376 e. The maximum Gasteiger partial charge on any atom is 0.128 e. The molecule has 0 unspecified atom stereocenters. The number of hydrogen-bond acceptors (Lipinski definition) is 3. The fraction of sp³-hybridized carbons (Fsp3) is 0.478. The van der Waals surface area contributed by atoms with Crippen LogP contribution in [0.4, 0.5) is 4.39 Å². The first-order valence-corrected chi connectivity index (χ1v) is 9.90. The topological polar surface area (TPSA) is 34.0 Å². The van der Waals surface area contributed by atoms with Gasteiger partial charge in [-0.3, -0.25) is 0 Å². The van der Waals surface area contributed by atoms with Crippen LogP contribution >= 0.6 is 0 Å². The number of benzene rings is 2. The molecule has 1 aliphatic carbocycles. The largest absolute Gasteiger partial charge is 0.376 e. The van der Waals surface area contributed by atoms with Gasteiger partial charge in [-0.05, 0) is 61.6 Å². The SMILES string of the molecule is Cc1ccc(CN=NCC2CCC(COCc3ccccc3)CC2)c(F)c1. The maximum atomic E-state index is 13.8. The number of rotatable bonds is 8. The van der Waals surface area contributed by atoms with Crippen LogP contribution in [0.3, 0.4) is 0 Å². The molecule has 0 amide bonds. The summed E-state index contributed by atoms with van der Waals surface area (Å²) in [7, 11) is 0. The zero-order valence-corrected chi connectivity index (χ0v) is 16.1. The average molecular weight is 368 g/mol. The fourth-order valence-corrected chi connectivity index (χ4v) is 3.58. The van der Waals surface area contributed by atoms with E-state index in [1.54, 1.807) is 12.1 Å². The van der Waals surface area contributed by atoms with Gasteiger partial charge in [-0.1, -0.05) is 42.5 Å². The molecule has 1 aliphatic rings. The van der Waals surface area contributed by atoms with Crippen molar-refractivity contribution in [2.75, 3.05) is 13.2 Å². The fourth-order valence-electron chi connectivity index (χ4n) is 3.58. The van der Waals surface area contributed by atoms with Crippen molar-refractivity contribution in [2.24, 2.45) is 22.1 Å². The lowest BCUT2D eigenvalue weighted by atomic mass is 9.82. The molecule has 1 saturated carbocycles. The summed E-state index contributed by atoms with van der Waals surface area (Å²) in [6, 6.07) is 15.6. The Balaban J connectivity index is 1.31. The predicted molar refractivity (Wildman–Crippen MR) is 106 cm³/mol. The summed E-state index contributed by atoms with van der Waals surface area (Å²) in [6.07, 6.45) is 4.75. The molecule has 3 nitrogen and oxygen atoms in total. The van der Waals surface area contributed by atoms with Gasteiger partial charge in [-0.15, -0.1) is 0 Å². The molecular weight excluding hydrogens is 339 g/mol. The first-order chi connectivity index (χ1) is 13.2. The smallest absolute Gasteiger partial charge is 0.128 e. The summed E-state index contributed by atoms with van der Waals surface area (Å²) in [5.41, 5.74) is 2.78. The van der Waals surface area contributed by atoms with E-state index in [1.165, 1.54) is 31.2 Å². The van der Waals surface area contributed by atoms with Crippen molar-refractivity contribution in [3.63, 3.8) is 0 Å². The van der Waals surface area contributed by atoms with E-state index in [1.807, 2.05) is 31.2 Å². The molecule has 27 heavy (non-hydrogen) atoms.